The summed E-state index contributed by atoms with van der Waals surface area (Å²) >= 11 is 0. The van der Waals surface area contributed by atoms with Crippen molar-refractivity contribution in [1.82, 2.24) is 9.88 Å². The van der Waals surface area contributed by atoms with Crippen LogP contribution in [0.5, 0.6) is 0 Å². The molecule has 2 unspecified atom stereocenters. The Morgan fingerprint density at radius 2 is 2.28 bits per heavy atom. The minimum atomic E-state index is 0.150. The molecule has 18 heavy (non-hydrogen) atoms. The Kier molecular flexibility index (Phi) is 1.99. The lowest BCUT2D eigenvalue weighted by atomic mass is 9.81. The summed E-state index contributed by atoms with van der Waals surface area (Å²) in [7, 11) is 2.18. The van der Waals surface area contributed by atoms with E-state index in [2.05, 4.69) is 47.4 Å². The molecule has 0 amide bonds. The predicted molar refractivity (Wildman–Crippen MR) is 74.4 cm³/mol. The first-order chi connectivity index (χ1) is 8.74. The number of hydrogen-bond donors (Lipinski definition) is 2. The first-order valence-corrected chi connectivity index (χ1v) is 6.51. The molecule has 2 heterocycles. The molecule has 4 rings (SSSR count). The molecular weight excluding hydrogens is 222 g/mol. The van der Waals surface area contributed by atoms with Crippen LogP contribution >= 0.6 is 0 Å². The van der Waals surface area contributed by atoms with Gasteiger partial charge in [0.05, 0.1) is 0 Å². The van der Waals surface area contributed by atoms with Crippen molar-refractivity contribution < 1.29 is 0 Å². The van der Waals surface area contributed by atoms with Gasteiger partial charge in [-0.25, -0.2) is 0 Å². The van der Waals surface area contributed by atoms with Crippen molar-refractivity contribution in [3.05, 3.63) is 41.6 Å². The van der Waals surface area contributed by atoms with E-state index in [0.29, 0.717) is 6.04 Å². The Hall–Kier alpha value is -1.58. The van der Waals surface area contributed by atoms with Crippen LogP contribution in [0.3, 0.4) is 0 Å². The average molecular weight is 239 g/mol. The average Bonchev–Trinajstić information content (AvgIpc) is 2.76. The molecular formula is C15H17N3. The van der Waals surface area contributed by atoms with E-state index in [0.717, 1.165) is 13.0 Å². The van der Waals surface area contributed by atoms with E-state index in [1.807, 2.05) is 0 Å². The Morgan fingerprint density at radius 3 is 3.17 bits per heavy atom. The standard InChI is InChI=1S/C15H17N3/c1-18-8-10(16)6-12-11-3-2-4-13-15(11)9(7-17-13)5-14(12)18/h2-4,6-7,10,14,17H,5,8,16H2,1H3. The van der Waals surface area contributed by atoms with Gasteiger partial charge in [0, 0.05) is 35.7 Å². The minimum Gasteiger partial charge on any atom is -0.361 e. The van der Waals surface area contributed by atoms with Gasteiger partial charge in [-0.05, 0) is 36.2 Å². The van der Waals surface area contributed by atoms with Crippen molar-refractivity contribution in [3.8, 4) is 0 Å². The van der Waals surface area contributed by atoms with Gasteiger partial charge in [-0.3, -0.25) is 4.90 Å². The fourth-order valence-corrected chi connectivity index (χ4v) is 3.49. The lowest BCUT2D eigenvalue weighted by molar-refractivity contribution is 0.268. The molecule has 3 nitrogen and oxygen atoms in total. The van der Waals surface area contributed by atoms with E-state index in [-0.39, 0.29) is 6.04 Å². The number of H-pyrrole nitrogens is 1. The SMILES string of the molecule is CN1CC(N)C=C2c3cccc4[nH]cc(c34)CC21. The third-order valence-electron chi connectivity index (χ3n) is 4.30. The molecule has 1 aliphatic carbocycles. The second-order valence-electron chi connectivity index (χ2n) is 5.49. The number of hydrogen-bond acceptors (Lipinski definition) is 2. The molecule has 1 aromatic carbocycles. The highest BCUT2D eigenvalue weighted by atomic mass is 15.1. The molecule has 0 saturated carbocycles. The number of aromatic nitrogens is 1. The number of nitrogens with zero attached hydrogens (tertiary/aromatic N) is 1. The van der Waals surface area contributed by atoms with Crippen LogP contribution in [0, 0.1) is 0 Å². The molecule has 0 fully saturated rings. The summed E-state index contributed by atoms with van der Waals surface area (Å²) in [6.07, 6.45) is 5.51. The van der Waals surface area contributed by atoms with E-state index in [1.165, 1.54) is 27.6 Å². The second kappa shape index (κ2) is 3.46. The zero-order valence-electron chi connectivity index (χ0n) is 10.5. The van der Waals surface area contributed by atoms with Gasteiger partial charge in [-0.1, -0.05) is 18.2 Å². The summed E-state index contributed by atoms with van der Waals surface area (Å²) in [4.78, 5) is 5.76. The van der Waals surface area contributed by atoms with Gasteiger partial charge in [0.15, 0.2) is 0 Å². The number of aromatic amines is 1. The number of benzene rings is 1. The molecule has 0 saturated heterocycles. The van der Waals surface area contributed by atoms with Gasteiger partial charge in [-0.15, -0.1) is 0 Å². The van der Waals surface area contributed by atoms with Crippen LogP contribution in [0.25, 0.3) is 16.5 Å². The van der Waals surface area contributed by atoms with Crippen molar-refractivity contribution >= 4 is 16.5 Å². The molecule has 1 aliphatic heterocycles. The van der Waals surface area contributed by atoms with Crippen LogP contribution in [0.15, 0.2) is 30.5 Å². The highest BCUT2D eigenvalue weighted by molar-refractivity contribution is 5.98. The van der Waals surface area contributed by atoms with Crippen LogP contribution < -0.4 is 5.73 Å². The molecule has 0 radical (unpaired) electrons. The molecule has 2 atom stereocenters. The summed E-state index contributed by atoms with van der Waals surface area (Å²) in [5.74, 6) is 0. The van der Waals surface area contributed by atoms with Crippen LogP contribution in [-0.2, 0) is 6.42 Å². The Morgan fingerprint density at radius 1 is 1.39 bits per heavy atom. The topological polar surface area (TPSA) is 45.0 Å². The summed E-state index contributed by atoms with van der Waals surface area (Å²) in [5, 5.41) is 1.39. The Labute approximate surface area is 106 Å². The fraction of sp³-hybridized carbons (Fsp3) is 0.333. The lowest BCUT2D eigenvalue weighted by Gasteiger charge is -2.38. The molecule has 2 aromatic rings. The normalized spacial score (nSPS) is 27.1. The van der Waals surface area contributed by atoms with Crippen molar-refractivity contribution in [2.24, 2.45) is 5.73 Å². The van der Waals surface area contributed by atoms with Gasteiger partial charge in [0.2, 0.25) is 0 Å². The number of fused-ring (bicyclic) bond motifs is 2. The highest BCUT2D eigenvalue weighted by Crippen LogP contribution is 2.39. The number of rotatable bonds is 0. The van der Waals surface area contributed by atoms with Gasteiger partial charge in [-0.2, -0.15) is 0 Å². The van der Waals surface area contributed by atoms with Crippen LogP contribution in [0.2, 0.25) is 0 Å². The maximum Gasteiger partial charge on any atom is 0.0462 e. The highest BCUT2D eigenvalue weighted by Gasteiger charge is 2.32. The molecule has 3 N–H and O–H groups in total. The quantitative estimate of drug-likeness (QED) is 0.735. The number of nitrogens with two attached hydrogens (primary N) is 1. The van der Waals surface area contributed by atoms with Gasteiger partial charge in [0.25, 0.3) is 0 Å². The monoisotopic (exact) mass is 239 g/mol. The molecule has 1 aromatic heterocycles. The maximum atomic E-state index is 6.13. The first-order valence-electron chi connectivity index (χ1n) is 6.51. The van der Waals surface area contributed by atoms with E-state index in [1.54, 1.807) is 0 Å². The summed E-state index contributed by atoms with van der Waals surface area (Å²) in [6.45, 7) is 0.948. The van der Waals surface area contributed by atoms with Crippen molar-refractivity contribution in [3.63, 3.8) is 0 Å². The minimum absolute atomic E-state index is 0.150. The predicted octanol–water partition coefficient (Wildman–Crippen LogP) is 1.75. The summed E-state index contributed by atoms with van der Waals surface area (Å²) in [5.41, 5.74) is 11.6. The number of likely N-dealkylation sites (N-methyl/N-ethyl adjacent to an activating group) is 1. The molecule has 2 aliphatic rings. The number of nitrogens with one attached hydrogen (secondary N) is 1. The second-order valence-corrected chi connectivity index (χ2v) is 5.49. The third kappa shape index (κ3) is 1.26. The lowest BCUT2D eigenvalue weighted by Crippen LogP contribution is -2.46. The fourth-order valence-electron chi connectivity index (χ4n) is 3.49. The third-order valence-corrected chi connectivity index (χ3v) is 4.30. The van der Waals surface area contributed by atoms with Crippen LogP contribution in [-0.4, -0.2) is 35.6 Å². The zero-order chi connectivity index (χ0) is 12.3. The van der Waals surface area contributed by atoms with Crippen molar-refractivity contribution in [2.45, 2.75) is 18.5 Å². The van der Waals surface area contributed by atoms with E-state index in [4.69, 9.17) is 5.73 Å². The maximum absolute atomic E-state index is 6.13. The molecule has 92 valence electrons. The zero-order valence-corrected chi connectivity index (χ0v) is 10.5. The van der Waals surface area contributed by atoms with Crippen LogP contribution in [0.1, 0.15) is 11.1 Å². The Balaban J connectivity index is 2.02. The molecule has 0 spiro atoms. The first kappa shape index (κ1) is 10.4. The smallest absolute Gasteiger partial charge is 0.0462 e. The molecule has 3 heteroatoms. The Bertz CT molecular complexity index is 653. The van der Waals surface area contributed by atoms with Gasteiger partial charge in [0.1, 0.15) is 0 Å². The van der Waals surface area contributed by atoms with E-state index >= 15 is 0 Å². The summed E-state index contributed by atoms with van der Waals surface area (Å²) < 4.78 is 0. The van der Waals surface area contributed by atoms with Crippen molar-refractivity contribution in [1.29, 1.82) is 0 Å². The van der Waals surface area contributed by atoms with E-state index < -0.39 is 0 Å². The largest absolute Gasteiger partial charge is 0.361 e. The van der Waals surface area contributed by atoms with E-state index in [9.17, 15) is 0 Å². The van der Waals surface area contributed by atoms with Crippen LogP contribution in [0.4, 0.5) is 0 Å². The van der Waals surface area contributed by atoms with Gasteiger partial charge < -0.3 is 10.7 Å². The van der Waals surface area contributed by atoms with Crippen molar-refractivity contribution in [2.75, 3.05) is 13.6 Å². The van der Waals surface area contributed by atoms with Gasteiger partial charge >= 0.3 is 0 Å². The summed E-state index contributed by atoms with van der Waals surface area (Å²) in [6, 6.07) is 7.14. The molecule has 0 bridgehead atoms.